The lowest BCUT2D eigenvalue weighted by Crippen LogP contribution is -2.24. The number of para-hydroxylation sites is 1. The van der Waals surface area contributed by atoms with Crippen molar-refractivity contribution in [2.24, 2.45) is 5.10 Å². The summed E-state index contributed by atoms with van der Waals surface area (Å²) < 4.78 is 23.5. The summed E-state index contributed by atoms with van der Waals surface area (Å²) in [4.78, 5) is 24.1. The summed E-state index contributed by atoms with van der Waals surface area (Å²) in [5, 5.41) is 4.36. The first-order valence-electron chi connectivity index (χ1n) is 8.78. The van der Waals surface area contributed by atoms with Gasteiger partial charge in [-0.3, -0.25) is 4.79 Å². The molecule has 0 atom stereocenters. The van der Waals surface area contributed by atoms with E-state index in [-0.39, 0.29) is 12.4 Å². The van der Waals surface area contributed by atoms with E-state index in [1.54, 1.807) is 48.5 Å². The molecule has 0 saturated carbocycles. The van der Waals surface area contributed by atoms with Gasteiger partial charge < -0.3 is 9.47 Å². The Labute approximate surface area is 176 Å². The highest BCUT2D eigenvalue weighted by Crippen LogP contribution is 2.18. The van der Waals surface area contributed by atoms with Gasteiger partial charge in [-0.25, -0.2) is 14.6 Å². The van der Waals surface area contributed by atoms with Crippen LogP contribution in [0.25, 0.3) is 0 Å². The van der Waals surface area contributed by atoms with Gasteiger partial charge in [0.1, 0.15) is 17.3 Å². The molecule has 30 heavy (non-hydrogen) atoms. The van der Waals surface area contributed by atoms with Crippen LogP contribution < -0.4 is 14.9 Å². The fourth-order valence-corrected chi connectivity index (χ4v) is 2.44. The molecule has 0 radical (unpaired) electrons. The number of nitrogens with zero attached hydrogens (tertiary/aromatic N) is 1. The van der Waals surface area contributed by atoms with Crippen LogP contribution in [0.5, 0.6) is 11.5 Å². The number of ether oxygens (including phenoxy) is 2. The highest BCUT2D eigenvalue weighted by atomic mass is 35.5. The number of hydrogen-bond acceptors (Lipinski definition) is 5. The number of carbonyl (C=O) groups excluding carboxylic acids is 2. The zero-order chi connectivity index (χ0) is 21.3. The average Bonchev–Trinajstić information content (AvgIpc) is 2.75. The van der Waals surface area contributed by atoms with Gasteiger partial charge in [-0.1, -0.05) is 23.7 Å². The minimum atomic E-state index is -0.552. The second kappa shape index (κ2) is 10.2. The number of benzene rings is 3. The monoisotopic (exact) mass is 426 g/mol. The lowest BCUT2D eigenvalue weighted by Gasteiger charge is -2.07. The Hall–Kier alpha value is -3.71. The second-order valence-electron chi connectivity index (χ2n) is 5.97. The molecule has 6 nitrogen and oxygen atoms in total. The summed E-state index contributed by atoms with van der Waals surface area (Å²) in [6.07, 6.45) is 1.35. The molecule has 0 aliphatic heterocycles. The van der Waals surface area contributed by atoms with Crippen LogP contribution >= 0.6 is 11.6 Å². The SMILES string of the molecule is O=C(COc1ccc(F)cc1)NN=Cc1ccccc1OC(=O)c1ccc(Cl)cc1. The van der Waals surface area contributed by atoms with Gasteiger partial charge in [-0.05, 0) is 60.7 Å². The van der Waals surface area contributed by atoms with Crippen molar-refractivity contribution in [3.05, 3.63) is 94.8 Å². The Morgan fingerprint density at radius 3 is 2.43 bits per heavy atom. The molecule has 152 valence electrons. The molecule has 0 aromatic heterocycles. The van der Waals surface area contributed by atoms with Crippen LogP contribution in [-0.4, -0.2) is 24.7 Å². The average molecular weight is 427 g/mol. The maximum atomic E-state index is 12.8. The van der Waals surface area contributed by atoms with Gasteiger partial charge in [-0.15, -0.1) is 0 Å². The van der Waals surface area contributed by atoms with Gasteiger partial charge in [-0.2, -0.15) is 5.10 Å². The fraction of sp³-hybridized carbons (Fsp3) is 0.0455. The summed E-state index contributed by atoms with van der Waals surface area (Å²) in [5.74, 6) is -0.824. The van der Waals surface area contributed by atoms with Crippen LogP contribution in [0.2, 0.25) is 5.02 Å². The van der Waals surface area contributed by atoms with Crippen molar-refractivity contribution in [2.75, 3.05) is 6.61 Å². The summed E-state index contributed by atoms with van der Waals surface area (Å²) in [5.41, 5.74) is 3.14. The van der Waals surface area contributed by atoms with E-state index in [1.165, 1.54) is 30.5 Å². The van der Waals surface area contributed by atoms with E-state index in [2.05, 4.69) is 10.5 Å². The van der Waals surface area contributed by atoms with Crippen molar-refractivity contribution < 1.29 is 23.5 Å². The molecular formula is C22H16ClFN2O4. The molecule has 1 amide bonds. The lowest BCUT2D eigenvalue weighted by molar-refractivity contribution is -0.123. The number of amides is 1. The molecule has 0 fully saturated rings. The smallest absolute Gasteiger partial charge is 0.343 e. The molecule has 0 aliphatic rings. The molecule has 0 bridgehead atoms. The first-order chi connectivity index (χ1) is 14.5. The van der Waals surface area contributed by atoms with Crippen LogP contribution in [0, 0.1) is 5.82 Å². The zero-order valence-electron chi connectivity index (χ0n) is 15.5. The third-order valence-electron chi connectivity index (χ3n) is 3.78. The van der Waals surface area contributed by atoms with Crippen molar-refractivity contribution >= 4 is 29.7 Å². The second-order valence-corrected chi connectivity index (χ2v) is 6.41. The van der Waals surface area contributed by atoms with Crippen LogP contribution in [0.3, 0.4) is 0 Å². The maximum Gasteiger partial charge on any atom is 0.343 e. The number of halogens is 2. The van der Waals surface area contributed by atoms with E-state index in [4.69, 9.17) is 21.1 Å². The van der Waals surface area contributed by atoms with Crippen LogP contribution in [0.15, 0.2) is 77.9 Å². The van der Waals surface area contributed by atoms with Crippen molar-refractivity contribution in [1.29, 1.82) is 0 Å². The summed E-state index contributed by atoms with van der Waals surface area (Å²) >= 11 is 5.82. The van der Waals surface area contributed by atoms with E-state index in [1.807, 2.05) is 0 Å². The Morgan fingerprint density at radius 2 is 1.70 bits per heavy atom. The molecule has 0 saturated heterocycles. The number of hydrazone groups is 1. The summed E-state index contributed by atoms with van der Waals surface area (Å²) in [6.45, 7) is -0.295. The van der Waals surface area contributed by atoms with Gasteiger partial charge in [0.2, 0.25) is 0 Å². The first kappa shape index (κ1) is 21.0. The van der Waals surface area contributed by atoms with E-state index < -0.39 is 17.7 Å². The van der Waals surface area contributed by atoms with Gasteiger partial charge >= 0.3 is 5.97 Å². The van der Waals surface area contributed by atoms with Crippen molar-refractivity contribution in [1.82, 2.24) is 5.43 Å². The highest BCUT2D eigenvalue weighted by molar-refractivity contribution is 6.30. The zero-order valence-corrected chi connectivity index (χ0v) is 16.3. The van der Waals surface area contributed by atoms with Gasteiger partial charge in [0, 0.05) is 10.6 Å². The molecule has 3 aromatic carbocycles. The van der Waals surface area contributed by atoms with Crippen molar-refractivity contribution in [2.45, 2.75) is 0 Å². The van der Waals surface area contributed by atoms with Crippen molar-refractivity contribution in [3.8, 4) is 11.5 Å². The molecule has 8 heteroatoms. The Morgan fingerprint density at radius 1 is 1.00 bits per heavy atom. The normalized spacial score (nSPS) is 10.6. The summed E-state index contributed by atoms with van der Waals surface area (Å²) in [7, 11) is 0. The number of hydrogen-bond donors (Lipinski definition) is 1. The third-order valence-corrected chi connectivity index (χ3v) is 4.03. The third kappa shape index (κ3) is 6.15. The van der Waals surface area contributed by atoms with E-state index in [9.17, 15) is 14.0 Å². The Bertz CT molecular complexity index is 1050. The first-order valence-corrected chi connectivity index (χ1v) is 9.16. The highest BCUT2D eigenvalue weighted by Gasteiger charge is 2.11. The molecule has 1 N–H and O–H groups in total. The predicted molar refractivity (Wildman–Crippen MR) is 110 cm³/mol. The maximum absolute atomic E-state index is 12.8. The minimum Gasteiger partial charge on any atom is -0.484 e. The Kier molecular flexibility index (Phi) is 7.13. The minimum absolute atomic E-state index is 0.276. The Balaban J connectivity index is 1.56. The van der Waals surface area contributed by atoms with Crippen molar-refractivity contribution in [3.63, 3.8) is 0 Å². The molecule has 0 spiro atoms. The molecule has 0 heterocycles. The van der Waals surface area contributed by atoms with Gasteiger partial charge in [0.05, 0.1) is 11.8 Å². The van der Waals surface area contributed by atoms with Gasteiger partial charge in [0.15, 0.2) is 6.61 Å². The standard InChI is InChI=1S/C22H16ClFN2O4/c23-17-7-5-15(6-8-17)22(28)30-20-4-2-1-3-16(20)13-25-26-21(27)14-29-19-11-9-18(24)10-12-19/h1-13H,14H2,(H,26,27). The fourth-order valence-electron chi connectivity index (χ4n) is 2.31. The molecule has 0 aliphatic carbocycles. The number of rotatable bonds is 7. The lowest BCUT2D eigenvalue weighted by atomic mass is 10.2. The molecule has 3 rings (SSSR count). The van der Waals surface area contributed by atoms with E-state index in [0.29, 0.717) is 21.9 Å². The van der Waals surface area contributed by atoms with Gasteiger partial charge in [0.25, 0.3) is 5.91 Å². The topological polar surface area (TPSA) is 77.0 Å². The number of nitrogens with one attached hydrogen (secondary N) is 1. The van der Waals surface area contributed by atoms with Crippen LogP contribution in [-0.2, 0) is 4.79 Å². The number of esters is 1. The largest absolute Gasteiger partial charge is 0.484 e. The molecular weight excluding hydrogens is 411 g/mol. The molecule has 0 unspecified atom stereocenters. The van der Waals surface area contributed by atoms with Crippen LogP contribution in [0.4, 0.5) is 4.39 Å². The van der Waals surface area contributed by atoms with E-state index >= 15 is 0 Å². The van der Waals surface area contributed by atoms with E-state index in [0.717, 1.165) is 0 Å². The summed E-state index contributed by atoms with van der Waals surface area (Å²) in [6, 6.07) is 18.3. The number of carbonyl (C=O) groups is 2. The predicted octanol–water partition coefficient (Wildman–Crippen LogP) is 4.23. The van der Waals surface area contributed by atoms with Crippen LogP contribution in [0.1, 0.15) is 15.9 Å². The molecule has 3 aromatic rings. The quantitative estimate of drug-likeness (QED) is 0.265.